The van der Waals surface area contributed by atoms with Crippen molar-refractivity contribution in [1.82, 2.24) is 4.72 Å². The maximum Gasteiger partial charge on any atom is 0.310 e. The quantitative estimate of drug-likeness (QED) is 0.500. The molecule has 6 nitrogen and oxygen atoms in total. The Morgan fingerprint density at radius 1 is 1.59 bits per heavy atom. The Kier molecular flexibility index (Phi) is 3.51. The summed E-state index contributed by atoms with van der Waals surface area (Å²) < 4.78 is 19.1. The Labute approximate surface area is 101 Å². The highest BCUT2D eigenvalue weighted by Gasteiger charge is 2.28. The summed E-state index contributed by atoms with van der Waals surface area (Å²) in [6.07, 6.45) is 0.758. The Morgan fingerprint density at radius 2 is 2.35 bits per heavy atom. The molecule has 2 rings (SSSR count). The minimum Gasteiger partial charge on any atom is -0.598 e. The summed E-state index contributed by atoms with van der Waals surface area (Å²) in [5.41, 5.74) is 0.800. The van der Waals surface area contributed by atoms with Gasteiger partial charge in [-0.3, -0.25) is 10.1 Å². The summed E-state index contributed by atoms with van der Waals surface area (Å²) in [4.78, 5) is 10.2. The first-order valence-electron chi connectivity index (χ1n) is 5.08. The van der Waals surface area contributed by atoms with Gasteiger partial charge in [0.15, 0.2) is 5.75 Å². The number of ether oxygens (including phenoxy) is 1. The minimum absolute atomic E-state index is 0.0227. The molecular weight excluding hydrogens is 244 g/mol. The SMILES string of the molecule is COc1cc(C2CC[S+]([O-])N2)ccc1[N+](=O)[O-]. The fourth-order valence-electron chi connectivity index (χ4n) is 1.80. The summed E-state index contributed by atoms with van der Waals surface area (Å²) in [6.45, 7) is 0. The van der Waals surface area contributed by atoms with Crippen LogP contribution in [0.1, 0.15) is 18.0 Å². The molecule has 7 heteroatoms. The van der Waals surface area contributed by atoms with Crippen molar-refractivity contribution in [2.45, 2.75) is 12.5 Å². The van der Waals surface area contributed by atoms with Gasteiger partial charge in [0.05, 0.1) is 18.1 Å². The van der Waals surface area contributed by atoms with Crippen LogP contribution >= 0.6 is 0 Å². The van der Waals surface area contributed by atoms with Crippen molar-refractivity contribution in [3.63, 3.8) is 0 Å². The van der Waals surface area contributed by atoms with Gasteiger partial charge in [-0.25, -0.2) is 0 Å². The van der Waals surface area contributed by atoms with Gasteiger partial charge in [-0.15, -0.1) is 4.72 Å². The zero-order valence-electron chi connectivity index (χ0n) is 9.21. The number of nitrogens with zero attached hydrogens (tertiary/aromatic N) is 1. The smallest absolute Gasteiger partial charge is 0.310 e. The number of nitro groups is 1. The first-order chi connectivity index (χ1) is 8.11. The van der Waals surface area contributed by atoms with Gasteiger partial charge in [0.1, 0.15) is 5.75 Å². The van der Waals surface area contributed by atoms with Crippen LogP contribution in [0.25, 0.3) is 0 Å². The predicted octanol–water partition coefficient (Wildman–Crippen LogP) is 1.30. The lowest BCUT2D eigenvalue weighted by molar-refractivity contribution is -0.385. The van der Waals surface area contributed by atoms with Gasteiger partial charge in [0, 0.05) is 23.8 Å². The zero-order valence-corrected chi connectivity index (χ0v) is 10.0. The topological polar surface area (TPSA) is 87.5 Å². The van der Waals surface area contributed by atoms with E-state index in [-0.39, 0.29) is 17.5 Å². The van der Waals surface area contributed by atoms with Crippen molar-refractivity contribution in [3.05, 3.63) is 33.9 Å². The molecule has 0 aliphatic carbocycles. The number of rotatable bonds is 3. The zero-order chi connectivity index (χ0) is 12.4. The van der Waals surface area contributed by atoms with Gasteiger partial charge in [-0.2, -0.15) is 0 Å². The van der Waals surface area contributed by atoms with E-state index in [1.54, 1.807) is 12.1 Å². The molecule has 1 aliphatic rings. The average molecular weight is 256 g/mol. The van der Waals surface area contributed by atoms with Crippen molar-refractivity contribution in [2.75, 3.05) is 12.9 Å². The first-order valence-corrected chi connectivity index (χ1v) is 6.40. The molecule has 1 aliphatic heterocycles. The average Bonchev–Trinajstić information content (AvgIpc) is 2.75. The van der Waals surface area contributed by atoms with Crippen LogP contribution in [0, 0.1) is 10.1 Å². The first kappa shape index (κ1) is 12.2. The predicted molar refractivity (Wildman–Crippen MR) is 63.2 cm³/mol. The van der Waals surface area contributed by atoms with Crippen molar-refractivity contribution in [2.24, 2.45) is 0 Å². The van der Waals surface area contributed by atoms with Crippen molar-refractivity contribution in [3.8, 4) is 5.75 Å². The Bertz CT molecular complexity index is 440. The maximum absolute atomic E-state index is 11.2. The second kappa shape index (κ2) is 4.91. The lowest BCUT2D eigenvalue weighted by atomic mass is 10.0. The van der Waals surface area contributed by atoms with Crippen LogP contribution in [0.5, 0.6) is 5.75 Å². The number of hydrogen-bond donors (Lipinski definition) is 1. The lowest BCUT2D eigenvalue weighted by Gasteiger charge is -2.10. The van der Waals surface area contributed by atoms with E-state index in [2.05, 4.69) is 4.72 Å². The molecule has 1 heterocycles. The van der Waals surface area contributed by atoms with Crippen LogP contribution in [0.2, 0.25) is 0 Å². The number of methoxy groups -OCH3 is 1. The van der Waals surface area contributed by atoms with E-state index in [1.165, 1.54) is 13.2 Å². The largest absolute Gasteiger partial charge is 0.598 e. The number of hydrogen-bond acceptors (Lipinski definition) is 5. The van der Waals surface area contributed by atoms with Gasteiger partial charge in [-0.1, -0.05) is 6.07 Å². The summed E-state index contributed by atoms with van der Waals surface area (Å²) in [5, 5.41) is 10.7. The highest BCUT2D eigenvalue weighted by Crippen LogP contribution is 2.32. The molecule has 0 amide bonds. The molecule has 92 valence electrons. The van der Waals surface area contributed by atoms with E-state index in [0.717, 1.165) is 12.0 Å². The van der Waals surface area contributed by atoms with E-state index in [1.807, 2.05) is 0 Å². The second-order valence-corrected chi connectivity index (χ2v) is 5.03. The van der Waals surface area contributed by atoms with Gasteiger partial charge >= 0.3 is 5.69 Å². The highest BCUT2D eigenvalue weighted by molar-refractivity contribution is 7.89. The van der Waals surface area contributed by atoms with Crippen molar-refractivity contribution in [1.29, 1.82) is 0 Å². The van der Waals surface area contributed by atoms with Gasteiger partial charge in [0.25, 0.3) is 0 Å². The van der Waals surface area contributed by atoms with Crippen LogP contribution < -0.4 is 9.46 Å². The standard InChI is InChI=1S/C10H12N2O4S/c1-16-10-6-7(2-3-9(10)12(13)14)8-4-5-17(15)11-8/h2-3,6,8,11H,4-5H2,1H3. The molecule has 1 fully saturated rings. The molecular formula is C10H12N2O4S. The Hall–Kier alpha value is -1.31. The molecule has 0 aromatic heterocycles. The van der Waals surface area contributed by atoms with E-state index in [9.17, 15) is 14.7 Å². The normalized spacial score (nSPS) is 23.6. The number of nitro benzene ring substituents is 1. The third-order valence-electron chi connectivity index (χ3n) is 2.67. The molecule has 1 N–H and O–H groups in total. The van der Waals surface area contributed by atoms with E-state index in [0.29, 0.717) is 5.75 Å². The van der Waals surface area contributed by atoms with Crippen LogP contribution in [0.3, 0.4) is 0 Å². The van der Waals surface area contributed by atoms with E-state index in [4.69, 9.17) is 4.74 Å². The van der Waals surface area contributed by atoms with Crippen molar-refractivity contribution >= 4 is 17.0 Å². The Balaban J connectivity index is 2.28. The molecule has 1 aromatic carbocycles. The molecule has 0 radical (unpaired) electrons. The molecule has 2 unspecified atom stereocenters. The summed E-state index contributed by atoms with van der Waals surface area (Å²) in [7, 11) is 1.40. The van der Waals surface area contributed by atoms with Gasteiger partial charge < -0.3 is 9.29 Å². The van der Waals surface area contributed by atoms with Crippen molar-refractivity contribution < 1.29 is 14.2 Å². The second-order valence-electron chi connectivity index (χ2n) is 3.70. The highest BCUT2D eigenvalue weighted by atomic mass is 32.2. The van der Waals surface area contributed by atoms with Crippen LogP contribution in [-0.2, 0) is 11.4 Å². The van der Waals surface area contributed by atoms with Crippen LogP contribution in [0.4, 0.5) is 5.69 Å². The minimum atomic E-state index is -1.00. The molecule has 1 aromatic rings. The van der Waals surface area contributed by atoms with Crippen LogP contribution in [-0.4, -0.2) is 22.3 Å². The summed E-state index contributed by atoms with van der Waals surface area (Å²) >= 11 is -1.00. The molecule has 0 spiro atoms. The molecule has 17 heavy (non-hydrogen) atoms. The van der Waals surface area contributed by atoms with Crippen LogP contribution in [0.15, 0.2) is 18.2 Å². The number of nitrogens with one attached hydrogen (secondary N) is 1. The summed E-state index contributed by atoms with van der Waals surface area (Å²) in [5.74, 6) is 0.830. The molecule has 0 bridgehead atoms. The molecule has 2 atom stereocenters. The van der Waals surface area contributed by atoms with E-state index < -0.39 is 16.3 Å². The number of benzene rings is 1. The van der Waals surface area contributed by atoms with Gasteiger partial charge in [-0.05, 0) is 11.6 Å². The third kappa shape index (κ3) is 2.51. The fourth-order valence-corrected chi connectivity index (χ4v) is 2.94. The monoisotopic (exact) mass is 256 g/mol. The molecule has 1 saturated heterocycles. The van der Waals surface area contributed by atoms with Gasteiger partial charge in [0.2, 0.25) is 0 Å². The van der Waals surface area contributed by atoms with E-state index >= 15 is 0 Å². The molecule has 0 saturated carbocycles. The third-order valence-corrected chi connectivity index (χ3v) is 3.82. The summed E-state index contributed by atoms with van der Waals surface area (Å²) in [6, 6.07) is 4.68. The maximum atomic E-state index is 11.2. The fraction of sp³-hybridized carbons (Fsp3) is 0.400. The lowest BCUT2D eigenvalue weighted by Crippen LogP contribution is -2.19. The Morgan fingerprint density at radius 3 is 2.88 bits per heavy atom.